The fourth-order valence-corrected chi connectivity index (χ4v) is 3.19. The van der Waals surface area contributed by atoms with Gasteiger partial charge in [-0.05, 0) is 52.1 Å². The highest BCUT2D eigenvalue weighted by atomic mass is 16.4. The summed E-state index contributed by atoms with van der Waals surface area (Å²) in [6.45, 7) is 5.91. The van der Waals surface area contributed by atoms with Gasteiger partial charge in [-0.1, -0.05) is 6.92 Å². The minimum atomic E-state index is -1.02. The molecule has 0 aromatic rings. The first-order valence-corrected chi connectivity index (χ1v) is 7.16. The largest absolute Gasteiger partial charge is 0.480 e. The van der Waals surface area contributed by atoms with Crippen molar-refractivity contribution < 1.29 is 14.7 Å². The van der Waals surface area contributed by atoms with Crippen molar-refractivity contribution in [3.05, 3.63) is 0 Å². The van der Waals surface area contributed by atoms with E-state index >= 15 is 0 Å². The van der Waals surface area contributed by atoms with Crippen molar-refractivity contribution in [2.75, 3.05) is 19.6 Å². The molecule has 1 atom stereocenters. The SMILES string of the molecule is CC1(C(=O)N2CCCCC2(C)C(=O)O)CCNCC1. The van der Waals surface area contributed by atoms with Crippen LogP contribution < -0.4 is 5.32 Å². The molecule has 0 spiro atoms. The standard InChI is InChI=1S/C14H24N2O3/c1-13(6-8-15-9-7-13)11(17)16-10-4-3-5-14(16,2)12(18)19/h15H,3-10H2,1-2H3,(H,18,19). The molecule has 2 rings (SSSR count). The molecule has 2 N–H and O–H groups in total. The third kappa shape index (κ3) is 2.48. The summed E-state index contributed by atoms with van der Waals surface area (Å²) in [7, 11) is 0. The van der Waals surface area contributed by atoms with E-state index in [0.29, 0.717) is 13.0 Å². The molecule has 2 aliphatic heterocycles. The number of carboxylic acids is 1. The minimum absolute atomic E-state index is 0.0265. The molecule has 0 aromatic carbocycles. The van der Waals surface area contributed by atoms with E-state index < -0.39 is 16.9 Å². The van der Waals surface area contributed by atoms with Crippen LogP contribution >= 0.6 is 0 Å². The van der Waals surface area contributed by atoms with Crippen molar-refractivity contribution >= 4 is 11.9 Å². The summed E-state index contributed by atoms with van der Waals surface area (Å²) >= 11 is 0. The van der Waals surface area contributed by atoms with Gasteiger partial charge in [0.05, 0.1) is 0 Å². The van der Waals surface area contributed by atoms with Crippen LogP contribution in [0.5, 0.6) is 0 Å². The Hall–Kier alpha value is -1.10. The number of aliphatic carboxylic acids is 1. The maximum atomic E-state index is 12.8. The van der Waals surface area contributed by atoms with Crippen LogP contribution in [0.1, 0.15) is 46.0 Å². The van der Waals surface area contributed by atoms with Crippen molar-refractivity contribution in [1.82, 2.24) is 10.2 Å². The van der Waals surface area contributed by atoms with Gasteiger partial charge in [-0.2, -0.15) is 0 Å². The average Bonchev–Trinajstić information content (AvgIpc) is 2.39. The fraction of sp³-hybridized carbons (Fsp3) is 0.857. The van der Waals surface area contributed by atoms with E-state index in [1.807, 2.05) is 6.92 Å². The first kappa shape index (κ1) is 14.3. The van der Waals surface area contributed by atoms with E-state index in [1.54, 1.807) is 11.8 Å². The minimum Gasteiger partial charge on any atom is -0.480 e. The number of amides is 1. The van der Waals surface area contributed by atoms with Gasteiger partial charge < -0.3 is 15.3 Å². The summed E-state index contributed by atoms with van der Waals surface area (Å²) < 4.78 is 0. The Kier molecular flexibility index (Phi) is 3.85. The molecule has 2 aliphatic rings. The number of hydrogen-bond acceptors (Lipinski definition) is 3. The van der Waals surface area contributed by atoms with Crippen molar-refractivity contribution in [3.63, 3.8) is 0 Å². The summed E-state index contributed by atoms with van der Waals surface area (Å²) in [4.78, 5) is 26.0. The fourth-order valence-electron chi connectivity index (χ4n) is 3.19. The molecule has 5 heteroatoms. The average molecular weight is 268 g/mol. The molecule has 5 nitrogen and oxygen atoms in total. The Morgan fingerprint density at radius 3 is 2.32 bits per heavy atom. The van der Waals surface area contributed by atoms with Gasteiger partial charge in [-0.25, -0.2) is 4.79 Å². The number of piperidine rings is 2. The Morgan fingerprint density at radius 2 is 1.74 bits per heavy atom. The zero-order valence-corrected chi connectivity index (χ0v) is 11.9. The zero-order valence-electron chi connectivity index (χ0n) is 11.9. The third-order valence-electron chi connectivity index (χ3n) is 4.82. The van der Waals surface area contributed by atoms with E-state index in [2.05, 4.69) is 5.32 Å². The maximum absolute atomic E-state index is 12.8. The molecular formula is C14H24N2O3. The third-order valence-corrected chi connectivity index (χ3v) is 4.82. The van der Waals surface area contributed by atoms with E-state index in [-0.39, 0.29) is 5.91 Å². The summed E-state index contributed by atoms with van der Waals surface area (Å²) in [5.74, 6) is -0.850. The van der Waals surface area contributed by atoms with Crippen molar-refractivity contribution in [3.8, 4) is 0 Å². The highest BCUT2D eigenvalue weighted by molar-refractivity contribution is 5.90. The predicted molar refractivity (Wildman–Crippen MR) is 71.8 cm³/mol. The van der Waals surface area contributed by atoms with Crippen LogP contribution in [-0.2, 0) is 9.59 Å². The molecule has 1 unspecified atom stereocenters. The second kappa shape index (κ2) is 5.12. The molecule has 0 aliphatic carbocycles. The van der Waals surface area contributed by atoms with Crippen LogP contribution in [0.3, 0.4) is 0 Å². The lowest BCUT2D eigenvalue weighted by atomic mass is 9.77. The number of carbonyl (C=O) groups is 2. The smallest absolute Gasteiger partial charge is 0.329 e. The van der Waals surface area contributed by atoms with Crippen LogP contribution in [0.4, 0.5) is 0 Å². The lowest BCUT2D eigenvalue weighted by Gasteiger charge is -2.46. The van der Waals surface area contributed by atoms with E-state index in [9.17, 15) is 14.7 Å². The molecule has 2 heterocycles. The van der Waals surface area contributed by atoms with Crippen LogP contribution in [0.2, 0.25) is 0 Å². The van der Waals surface area contributed by atoms with Crippen LogP contribution in [0.15, 0.2) is 0 Å². The number of nitrogens with one attached hydrogen (secondary N) is 1. The molecule has 0 radical (unpaired) electrons. The van der Waals surface area contributed by atoms with E-state index in [1.165, 1.54) is 0 Å². The summed E-state index contributed by atoms with van der Waals surface area (Å²) in [5.41, 5.74) is -1.43. The van der Waals surface area contributed by atoms with E-state index in [0.717, 1.165) is 38.8 Å². The second-order valence-electron chi connectivity index (χ2n) is 6.30. The monoisotopic (exact) mass is 268 g/mol. The van der Waals surface area contributed by atoms with Gasteiger partial charge >= 0.3 is 5.97 Å². The van der Waals surface area contributed by atoms with Gasteiger partial charge in [-0.3, -0.25) is 4.79 Å². The number of rotatable bonds is 2. The number of hydrogen-bond donors (Lipinski definition) is 2. The molecule has 0 saturated carbocycles. The molecular weight excluding hydrogens is 244 g/mol. The predicted octanol–water partition coefficient (Wildman–Crippen LogP) is 1.23. The van der Waals surface area contributed by atoms with Crippen LogP contribution in [-0.4, -0.2) is 47.1 Å². The molecule has 19 heavy (non-hydrogen) atoms. The Morgan fingerprint density at radius 1 is 1.11 bits per heavy atom. The topological polar surface area (TPSA) is 69.6 Å². The van der Waals surface area contributed by atoms with Gasteiger partial charge in [0.15, 0.2) is 0 Å². The first-order valence-electron chi connectivity index (χ1n) is 7.16. The Balaban J connectivity index is 2.22. The van der Waals surface area contributed by atoms with Crippen molar-refractivity contribution in [1.29, 1.82) is 0 Å². The van der Waals surface area contributed by atoms with Crippen molar-refractivity contribution in [2.24, 2.45) is 5.41 Å². The van der Waals surface area contributed by atoms with Crippen LogP contribution in [0, 0.1) is 5.41 Å². The van der Waals surface area contributed by atoms with Crippen molar-refractivity contribution in [2.45, 2.75) is 51.5 Å². The quantitative estimate of drug-likeness (QED) is 0.790. The molecule has 0 bridgehead atoms. The molecule has 1 amide bonds. The molecule has 0 aromatic heterocycles. The van der Waals surface area contributed by atoms with Gasteiger partial charge in [-0.15, -0.1) is 0 Å². The normalized spacial score (nSPS) is 30.9. The van der Waals surface area contributed by atoms with Gasteiger partial charge in [0.1, 0.15) is 5.54 Å². The van der Waals surface area contributed by atoms with E-state index in [4.69, 9.17) is 0 Å². The first-order chi connectivity index (χ1) is 8.90. The number of likely N-dealkylation sites (tertiary alicyclic amines) is 1. The summed E-state index contributed by atoms with van der Waals surface area (Å²) in [5, 5.41) is 12.7. The number of carbonyl (C=O) groups excluding carboxylic acids is 1. The summed E-state index contributed by atoms with van der Waals surface area (Å²) in [6.07, 6.45) is 3.92. The van der Waals surface area contributed by atoms with Gasteiger partial charge in [0, 0.05) is 12.0 Å². The number of nitrogens with zero attached hydrogens (tertiary/aromatic N) is 1. The molecule has 2 fully saturated rings. The molecule has 2 saturated heterocycles. The Labute approximate surface area is 114 Å². The maximum Gasteiger partial charge on any atom is 0.329 e. The lowest BCUT2D eigenvalue weighted by molar-refractivity contribution is -0.166. The molecule has 108 valence electrons. The zero-order chi connectivity index (χ0) is 14.1. The Bertz CT molecular complexity index is 377. The van der Waals surface area contributed by atoms with Crippen LogP contribution in [0.25, 0.3) is 0 Å². The highest BCUT2D eigenvalue weighted by Gasteiger charge is 2.48. The second-order valence-corrected chi connectivity index (χ2v) is 6.30. The lowest BCUT2D eigenvalue weighted by Crippen LogP contribution is -2.61. The van der Waals surface area contributed by atoms with Gasteiger partial charge in [0.2, 0.25) is 5.91 Å². The number of carboxylic acid groups (broad SMARTS) is 1. The highest BCUT2D eigenvalue weighted by Crippen LogP contribution is 2.36. The van der Waals surface area contributed by atoms with Gasteiger partial charge in [0.25, 0.3) is 0 Å². The summed E-state index contributed by atoms with van der Waals surface area (Å²) in [6, 6.07) is 0.